The van der Waals surface area contributed by atoms with Gasteiger partial charge in [0.15, 0.2) is 0 Å². The summed E-state index contributed by atoms with van der Waals surface area (Å²) in [5, 5.41) is 6.31. The van der Waals surface area contributed by atoms with E-state index in [0.29, 0.717) is 10.7 Å². The first-order valence-electron chi connectivity index (χ1n) is 7.19. The second-order valence-corrected chi connectivity index (χ2v) is 5.75. The minimum atomic E-state index is -0.230. The van der Waals surface area contributed by atoms with Crippen LogP contribution in [0, 0.1) is 6.92 Å². The molecule has 0 aromatic heterocycles. The van der Waals surface area contributed by atoms with Gasteiger partial charge in [-0.25, -0.2) is 4.79 Å². The van der Waals surface area contributed by atoms with Crippen LogP contribution >= 0.6 is 11.6 Å². The number of morpholine rings is 1. The van der Waals surface area contributed by atoms with E-state index >= 15 is 0 Å². The Morgan fingerprint density at radius 3 is 2.81 bits per heavy atom. The van der Waals surface area contributed by atoms with Crippen molar-refractivity contribution in [2.45, 2.75) is 19.9 Å². The number of carbonyl (C=O) groups is 1. The summed E-state index contributed by atoms with van der Waals surface area (Å²) in [5.41, 5.74) is 1.61. The number of hydrogen-bond donors (Lipinski definition) is 2. The Kier molecular flexibility index (Phi) is 5.85. The number of nitrogens with zero attached hydrogens (tertiary/aromatic N) is 1. The molecule has 2 N–H and O–H groups in total. The zero-order chi connectivity index (χ0) is 15.2. The van der Waals surface area contributed by atoms with Crippen molar-refractivity contribution in [3.8, 4) is 0 Å². The van der Waals surface area contributed by atoms with Crippen molar-refractivity contribution in [2.24, 2.45) is 0 Å². The Hall–Kier alpha value is -1.30. The van der Waals surface area contributed by atoms with Gasteiger partial charge in [0.1, 0.15) is 0 Å². The number of ether oxygens (including phenoxy) is 1. The Balaban J connectivity index is 1.83. The van der Waals surface area contributed by atoms with Crippen molar-refractivity contribution in [3.63, 3.8) is 0 Å². The summed E-state index contributed by atoms with van der Waals surface area (Å²) in [5.74, 6) is 0. The van der Waals surface area contributed by atoms with E-state index in [0.717, 1.165) is 38.4 Å². The fraction of sp³-hybridized carbons (Fsp3) is 0.533. The average molecular weight is 312 g/mol. The molecule has 1 unspecified atom stereocenters. The van der Waals surface area contributed by atoms with Crippen LogP contribution in [0.4, 0.5) is 10.5 Å². The molecule has 0 spiro atoms. The number of rotatable bonds is 4. The van der Waals surface area contributed by atoms with E-state index in [1.165, 1.54) is 0 Å². The average Bonchev–Trinajstić information content (AvgIpc) is 2.44. The molecule has 0 aliphatic carbocycles. The molecule has 1 atom stereocenters. The smallest absolute Gasteiger partial charge is 0.319 e. The highest BCUT2D eigenvalue weighted by Crippen LogP contribution is 2.24. The first-order valence-corrected chi connectivity index (χ1v) is 7.57. The summed E-state index contributed by atoms with van der Waals surface area (Å²) in [6.45, 7) is 8.08. The second kappa shape index (κ2) is 7.64. The summed E-state index contributed by atoms with van der Waals surface area (Å²) in [7, 11) is 0. The summed E-state index contributed by atoms with van der Waals surface area (Å²) < 4.78 is 5.31. The molecular weight excluding hydrogens is 290 g/mol. The number of benzene rings is 1. The molecule has 0 bridgehead atoms. The number of carbonyl (C=O) groups excluding carboxylic acids is 1. The highest BCUT2D eigenvalue weighted by atomic mass is 35.5. The third kappa shape index (κ3) is 4.88. The Bertz CT molecular complexity index is 470. The van der Waals surface area contributed by atoms with Gasteiger partial charge in [0.2, 0.25) is 0 Å². The first kappa shape index (κ1) is 16.1. The maximum Gasteiger partial charge on any atom is 0.319 e. The zero-order valence-electron chi connectivity index (χ0n) is 12.5. The summed E-state index contributed by atoms with van der Waals surface area (Å²) in [4.78, 5) is 14.3. The van der Waals surface area contributed by atoms with E-state index in [9.17, 15) is 4.79 Å². The molecule has 2 rings (SSSR count). The van der Waals surface area contributed by atoms with Crippen molar-refractivity contribution in [2.75, 3.05) is 38.2 Å². The number of hydrogen-bond acceptors (Lipinski definition) is 3. The molecule has 116 valence electrons. The number of nitrogens with one attached hydrogen (secondary N) is 2. The first-order chi connectivity index (χ1) is 10.1. The molecule has 0 saturated carbocycles. The van der Waals surface area contributed by atoms with Crippen LogP contribution < -0.4 is 10.6 Å². The minimum absolute atomic E-state index is 0.0610. The molecule has 6 heteroatoms. The van der Waals surface area contributed by atoms with Gasteiger partial charge in [0.05, 0.1) is 23.9 Å². The lowest BCUT2D eigenvalue weighted by molar-refractivity contribution is 0.0350. The molecule has 1 aromatic rings. The highest BCUT2D eigenvalue weighted by Gasteiger charge is 2.16. The molecular formula is C15H22ClN3O2. The van der Waals surface area contributed by atoms with Crippen LogP contribution in [0.5, 0.6) is 0 Å². The SMILES string of the molecule is Cc1cccc(Cl)c1NC(=O)NC(C)CN1CCOCC1. The van der Waals surface area contributed by atoms with Crippen LogP contribution in [0.15, 0.2) is 18.2 Å². The van der Waals surface area contributed by atoms with E-state index in [-0.39, 0.29) is 12.1 Å². The number of anilines is 1. The van der Waals surface area contributed by atoms with Gasteiger partial charge in [-0.1, -0.05) is 23.7 Å². The molecule has 1 saturated heterocycles. The van der Waals surface area contributed by atoms with Crippen LogP contribution in [-0.2, 0) is 4.74 Å². The topological polar surface area (TPSA) is 53.6 Å². The van der Waals surface area contributed by atoms with Crippen molar-refractivity contribution in [3.05, 3.63) is 28.8 Å². The van der Waals surface area contributed by atoms with Gasteiger partial charge in [-0.15, -0.1) is 0 Å². The molecule has 1 aliphatic heterocycles. The van der Waals surface area contributed by atoms with Crippen LogP contribution in [-0.4, -0.2) is 49.8 Å². The second-order valence-electron chi connectivity index (χ2n) is 5.34. The van der Waals surface area contributed by atoms with Gasteiger partial charge in [0, 0.05) is 25.7 Å². The molecule has 5 nitrogen and oxygen atoms in total. The lowest BCUT2D eigenvalue weighted by atomic mass is 10.2. The lowest BCUT2D eigenvalue weighted by Crippen LogP contribution is -2.47. The molecule has 0 radical (unpaired) electrons. The normalized spacial score (nSPS) is 17.3. The third-order valence-corrected chi connectivity index (χ3v) is 3.79. The van der Waals surface area contributed by atoms with Gasteiger partial charge in [-0.3, -0.25) is 4.90 Å². The predicted molar refractivity (Wildman–Crippen MR) is 85.1 cm³/mol. The highest BCUT2D eigenvalue weighted by molar-refractivity contribution is 6.33. The van der Waals surface area contributed by atoms with Gasteiger partial charge in [-0.05, 0) is 25.5 Å². The number of urea groups is 1. The van der Waals surface area contributed by atoms with E-state index in [1.807, 2.05) is 26.0 Å². The standard InChI is InChI=1S/C15H22ClN3O2/c1-11-4-3-5-13(16)14(11)18-15(20)17-12(2)10-19-6-8-21-9-7-19/h3-5,12H,6-10H2,1-2H3,(H2,17,18,20). The Morgan fingerprint density at radius 1 is 1.43 bits per heavy atom. The summed E-state index contributed by atoms with van der Waals surface area (Å²) in [6, 6.07) is 5.37. The van der Waals surface area contributed by atoms with Gasteiger partial charge < -0.3 is 15.4 Å². The van der Waals surface area contributed by atoms with Crippen molar-refractivity contribution >= 4 is 23.3 Å². The lowest BCUT2D eigenvalue weighted by Gasteiger charge is -2.29. The molecule has 1 aromatic carbocycles. The molecule has 1 aliphatic rings. The summed E-state index contributed by atoms with van der Waals surface area (Å²) >= 11 is 6.10. The molecule has 1 heterocycles. The minimum Gasteiger partial charge on any atom is -0.379 e. The van der Waals surface area contributed by atoms with Gasteiger partial charge in [0.25, 0.3) is 0 Å². The Labute approximate surface area is 130 Å². The number of aryl methyl sites for hydroxylation is 1. The van der Waals surface area contributed by atoms with Crippen LogP contribution in [0.1, 0.15) is 12.5 Å². The zero-order valence-corrected chi connectivity index (χ0v) is 13.2. The maximum atomic E-state index is 12.0. The molecule has 1 fully saturated rings. The third-order valence-electron chi connectivity index (χ3n) is 3.47. The van der Waals surface area contributed by atoms with Crippen molar-refractivity contribution in [1.82, 2.24) is 10.2 Å². The largest absolute Gasteiger partial charge is 0.379 e. The van der Waals surface area contributed by atoms with E-state index in [2.05, 4.69) is 15.5 Å². The van der Waals surface area contributed by atoms with E-state index in [4.69, 9.17) is 16.3 Å². The van der Waals surface area contributed by atoms with Crippen LogP contribution in [0.2, 0.25) is 5.02 Å². The predicted octanol–water partition coefficient (Wildman–Crippen LogP) is 2.49. The van der Waals surface area contributed by atoms with E-state index in [1.54, 1.807) is 6.07 Å². The quantitative estimate of drug-likeness (QED) is 0.898. The van der Waals surface area contributed by atoms with Crippen LogP contribution in [0.3, 0.4) is 0 Å². The van der Waals surface area contributed by atoms with E-state index < -0.39 is 0 Å². The fourth-order valence-electron chi connectivity index (χ4n) is 2.38. The summed E-state index contributed by atoms with van der Waals surface area (Å²) in [6.07, 6.45) is 0. The van der Waals surface area contributed by atoms with Crippen LogP contribution in [0.25, 0.3) is 0 Å². The van der Waals surface area contributed by atoms with Gasteiger partial charge >= 0.3 is 6.03 Å². The maximum absolute atomic E-state index is 12.0. The van der Waals surface area contributed by atoms with Crippen molar-refractivity contribution < 1.29 is 9.53 Å². The number of para-hydroxylation sites is 1. The Morgan fingerprint density at radius 2 is 2.14 bits per heavy atom. The monoisotopic (exact) mass is 311 g/mol. The number of amides is 2. The molecule has 2 amide bonds. The van der Waals surface area contributed by atoms with Crippen molar-refractivity contribution in [1.29, 1.82) is 0 Å². The molecule has 21 heavy (non-hydrogen) atoms. The van der Waals surface area contributed by atoms with Gasteiger partial charge in [-0.2, -0.15) is 0 Å². The fourth-order valence-corrected chi connectivity index (χ4v) is 2.65. The number of halogens is 1.